The van der Waals surface area contributed by atoms with Gasteiger partial charge in [-0.1, -0.05) is 31.2 Å². The fourth-order valence-electron chi connectivity index (χ4n) is 3.84. The minimum absolute atomic E-state index is 0.325. The van der Waals surface area contributed by atoms with Crippen LogP contribution in [0.1, 0.15) is 18.1 Å². The van der Waals surface area contributed by atoms with Gasteiger partial charge in [0.05, 0.1) is 25.6 Å². The highest BCUT2D eigenvalue weighted by atomic mass is 16.7. The summed E-state index contributed by atoms with van der Waals surface area (Å²) in [6.45, 7) is 2.11. The maximum atomic E-state index is 10.4. The Kier molecular flexibility index (Phi) is 6.63. The van der Waals surface area contributed by atoms with E-state index in [1.807, 2.05) is 4.57 Å². The van der Waals surface area contributed by atoms with E-state index in [-0.39, 0.29) is 0 Å². The lowest BCUT2D eigenvalue weighted by atomic mass is 9.99. The van der Waals surface area contributed by atoms with Gasteiger partial charge in [-0.05, 0) is 17.5 Å². The molecule has 9 nitrogen and oxygen atoms in total. The molecule has 3 aromatic rings. The lowest BCUT2D eigenvalue weighted by Crippen LogP contribution is -2.60. The molecule has 0 saturated carbocycles. The van der Waals surface area contributed by atoms with E-state index in [1.54, 1.807) is 18.5 Å². The molecule has 1 saturated heterocycles. The molecule has 32 heavy (non-hydrogen) atoms. The van der Waals surface area contributed by atoms with Gasteiger partial charge in [0.2, 0.25) is 6.29 Å². The van der Waals surface area contributed by atoms with Crippen LogP contribution in [0.4, 0.5) is 0 Å². The molecular formula is C23H28N2O7. The summed E-state index contributed by atoms with van der Waals surface area (Å²) in [6, 6.07) is 11.7. The Morgan fingerprint density at radius 3 is 2.41 bits per heavy atom. The molecule has 2 aromatic carbocycles. The lowest BCUT2D eigenvalue weighted by molar-refractivity contribution is -0.277. The normalized spacial score (nSPS) is 25.8. The number of imidazole rings is 1. The van der Waals surface area contributed by atoms with Gasteiger partial charge in [-0.15, -0.1) is 0 Å². The van der Waals surface area contributed by atoms with E-state index in [9.17, 15) is 20.4 Å². The van der Waals surface area contributed by atoms with Gasteiger partial charge in [-0.2, -0.15) is 0 Å². The molecule has 1 fully saturated rings. The molecule has 5 atom stereocenters. The third-order valence-corrected chi connectivity index (χ3v) is 5.76. The van der Waals surface area contributed by atoms with Crippen molar-refractivity contribution in [3.63, 3.8) is 0 Å². The smallest absolute Gasteiger partial charge is 0.229 e. The van der Waals surface area contributed by atoms with Crippen molar-refractivity contribution in [1.82, 2.24) is 9.55 Å². The number of hydrogen-bond acceptors (Lipinski definition) is 8. The van der Waals surface area contributed by atoms with Gasteiger partial charge in [0.1, 0.15) is 35.7 Å². The molecule has 172 valence electrons. The van der Waals surface area contributed by atoms with E-state index in [0.29, 0.717) is 29.1 Å². The van der Waals surface area contributed by atoms with E-state index in [4.69, 9.17) is 14.2 Å². The SMILES string of the molecule is CCc1ccc(Cn2cnc3cc(OC)cc(O[C@@H]4O[C@H](CO)[C@@H](O)[C@H](O)[C@H]4O)c32)cc1. The Hall–Kier alpha value is -2.69. The van der Waals surface area contributed by atoms with Gasteiger partial charge >= 0.3 is 0 Å². The number of benzene rings is 2. The zero-order valence-electron chi connectivity index (χ0n) is 18.0. The van der Waals surface area contributed by atoms with Crippen molar-refractivity contribution in [3.8, 4) is 11.5 Å². The minimum atomic E-state index is -1.53. The number of aliphatic hydroxyl groups is 4. The summed E-state index contributed by atoms with van der Waals surface area (Å²) in [4.78, 5) is 4.46. The van der Waals surface area contributed by atoms with Gasteiger partial charge in [0.15, 0.2) is 5.75 Å². The van der Waals surface area contributed by atoms with Crippen LogP contribution >= 0.6 is 0 Å². The van der Waals surface area contributed by atoms with Crippen molar-refractivity contribution in [2.45, 2.75) is 50.6 Å². The van der Waals surface area contributed by atoms with Crippen molar-refractivity contribution in [2.24, 2.45) is 0 Å². The Balaban J connectivity index is 1.68. The first-order chi connectivity index (χ1) is 15.4. The molecule has 1 aliphatic rings. The third kappa shape index (κ3) is 4.30. The maximum absolute atomic E-state index is 10.4. The Morgan fingerprint density at radius 1 is 1.03 bits per heavy atom. The second-order valence-corrected chi connectivity index (χ2v) is 7.85. The predicted octanol–water partition coefficient (Wildman–Crippen LogP) is 0.834. The molecule has 1 aliphatic heterocycles. The Bertz CT molecular complexity index is 1050. The van der Waals surface area contributed by atoms with Gasteiger partial charge in [0.25, 0.3) is 0 Å². The third-order valence-electron chi connectivity index (χ3n) is 5.76. The first-order valence-corrected chi connectivity index (χ1v) is 10.5. The molecular weight excluding hydrogens is 416 g/mol. The zero-order chi connectivity index (χ0) is 22.8. The average molecular weight is 444 g/mol. The molecule has 0 bridgehead atoms. The van der Waals surface area contributed by atoms with Crippen LogP contribution in [0, 0.1) is 0 Å². The number of aryl methyl sites for hydroxylation is 1. The van der Waals surface area contributed by atoms with Crippen LogP contribution in [0.3, 0.4) is 0 Å². The van der Waals surface area contributed by atoms with Crippen molar-refractivity contribution in [3.05, 3.63) is 53.9 Å². The summed E-state index contributed by atoms with van der Waals surface area (Å²) in [5.41, 5.74) is 3.60. The standard InChI is InChI=1S/C23H28N2O7/c1-3-13-4-6-14(7-5-13)10-25-12-24-16-8-15(30-2)9-17(19(16)25)31-23-22(29)21(28)20(27)18(11-26)32-23/h4-9,12,18,20-23,26-29H,3,10-11H2,1-2H3/t18-,20-,21+,22-,23-/m1/s1. The topological polar surface area (TPSA) is 126 Å². The van der Waals surface area contributed by atoms with Crippen LogP contribution in [-0.2, 0) is 17.7 Å². The number of rotatable bonds is 7. The summed E-state index contributed by atoms with van der Waals surface area (Å²) >= 11 is 0. The van der Waals surface area contributed by atoms with Crippen LogP contribution in [0.15, 0.2) is 42.7 Å². The fourth-order valence-corrected chi connectivity index (χ4v) is 3.84. The molecule has 4 rings (SSSR count). The highest BCUT2D eigenvalue weighted by Gasteiger charge is 2.45. The summed E-state index contributed by atoms with van der Waals surface area (Å²) < 4.78 is 18.7. The van der Waals surface area contributed by atoms with E-state index < -0.39 is 37.3 Å². The molecule has 0 radical (unpaired) electrons. The molecule has 1 aromatic heterocycles. The van der Waals surface area contributed by atoms with Crippen molar-refractivity contribution < 1.29 is 34.6 Å². The number of aromatic nitrogens is 2. The number of fused-ring (bicyclic) bond motifs is 1. The molecule has 0 aliphatic carbocycles. The molecule has 0 unspecified atom stereocenters. The zero-order valence-corrected chi connectivity index (χ0v) is 18.0. The molecule has 2 heterocycles. The number of aliphatic hydroxyl groups excluding tert-OH is 4. The van der Waals surface area contributed by atoms with Gasteiger partial charge in [0, 0.05) is 18.7 Å². The highest BCUT2D eigenvalue weighted by Crippen LogP contribution is 2.34. The van der Waals surface area contributed by atoms with Gasteiger partial charge in [-0.25, -0.2) is 4.98 Å². The second kappa shape index (κ2) is 9.43. The number of hydrogen-bond donors (Lipinski definition) is 4. The summed E-state index contributed by atoms with van der Waals surface area (Å²) in [6.07, 6.45) is -4.24. The maximum Gasteiger partial charge on any atom is 0.229 e. The predicted molar refractivity (Wildman–Crippen MR) is 116 cm³/mol. The Morgan fingerprint density at radius 2 is 1.75 bits per heavy atom. The van der Waals surface area contributed by atoms with Crippen LogP contribution in [0.5, 0.6) is 11.5 Å². The van der Waals surface area contributed by atoms with E-state index >= 15 is 0 Å². The first kappa shape index (κ1) is 22.5. The van der Waals surface area contributed by atoms with Crippen LogP contribution in [0.25, 0.3) is 11.0 Å². The molecule has 0 amide bonds. The molecule has 9 heteroatoms. The average Bonchev–Trinajstić information content (AvgIpc) is 3.22. The minimum Gasteiger partial charge on any atom is -0.497 e. The highest BCUT2D eigenvalue weighted by molar-refractivity contribution is 5.84. The van der Waals surface area contributed by atoms with Crippen LogP contribution < -0.4 is 9.47 Å². The first-order valence-electron chi connectivity index (χ1n) is 10.5. The van der Waals surface area contributed by atoms with Crippen LogP contribution in [-0.4, -0.2) is 74.4 Å². The van der Waals surface area contributed by atoms with Crippen molar-refractivity contribution in [1.29, 1.82) is 0 Å². The number of methoxy groups -OCH3 is 1. The molecule has 4 N–H and O–H groups in total. The van der Waals surface area contributed by atoms with E-state index in [1.165, 1.54) is 12.7 Å². The monoisotopic (exact) mass is 444 g/mol. The summed E-state index contributed by atoms with van der Waals surface area (Å²) in [5, 5.41) is 40.0. The largest absolute Gasteiger partial charge is 0.497 e. The summed E-state index contributed by atoms with van der Waals surface area (Å²) in [7, 11) is 1.52. The molecule has 0 spiro atoms. The number of ether oxygens (including phenoxy) is 3. The fraction of sp³-hybridized carbons (Fsp3) is 0.435. The second-order valence-electron chi connectivity index (χ2n) is 7.85. The summed E-state index contributed by atoms with van der Waals surface area (Å²) in [5.74, 6) is 0.820. The van der Waals surface area contributed by atoms with Gasteiger partial charge < -0.3 is 39.2 Å². The number of nitrogens with zero attached hydrogens (tertiary/aromatic N) is 2. The van der Waals surface area contributed by atoms with Crippen molar-refractivity contribution >= 4 is 11.0 Å². The van der Waals surface area contributed by atoms with Gasteiger partial charge in [-0.3, -0.25) is 0 Å². The van der Waals surface area contributed by atoms with Crippen molar-refractivity contribution in [2.75, 3.05) is 13.7 Å². The Labute approximate surface area is 185 Å². The van der Waals surface area contributed by atoms with E-state index in [0.717, 1.165) is 12.0 Å². The van der Waals surface area contributed by atoms with Crippen LogP contribution in [0.2, 0.25) is 0 Å². The lowest BCUT2D eigenvalue weighted by Gasteiger charge is -2.39. The quantitative estimate of drug-likeness (QED) is 0.422. The van der Waals surface area contributed by atoms with E-state index in [2.05, 4.69) is 36.2 Å².